The third-order valence-corrected chi connectivity index (χ3v) is 7.19. The smallest absolute Gasteiger partial charge is 0.366 e. The number of piperazine rings is 1. The van der Waals surface area contributed by atoms with Crippen LogP contribution in [0.2, 0.25) is 0 Å². The molecule has 0 unspecified atom stereocenters. The Morgan fingerprint density at radius 1 is 1.08 bits per heavy atom. The molecule has 39 heavy (non-hydrogen) atoms. The van der Waals surface area contributed by atoms with E-state index in [4.69, 9.17) is 0 Å². The number of nitrogens with one attached hydrogen (secondary N) is 3. The lowest BCUT2D eigenvalue weighted by molar-refractivity contribution is -0.137. The van der Waals surface area contributed by atoms with Gasteiger partial charge in [0.2, 0.25) is 11.9 Å². The van der Waals surface area contributed by atoms with Crippen LogP contribution in [0.25, 0.3) is 0 Å². The first kappa shape index (κ1) is 28.6. The Hall–Kier alpha value is -3.41. The van der Waals surface area contributed by atoms with Gasteiger partial charge >= 0.3 is 6.18 Å². The van der Waals surface area contributed by atoms with E-state index < -0.39 is 23.7 Å². The summed E-state index contributed by atoms with van der Waals surface area (Å²) in [5.74, 6) is -1.08. The van der Waals surface area contributed by atoms with Gasteiger partial charge in [-0.2, -0.15) is 18.2 Å². The number of nitrogens with zero attached hydrogens (tertiary/aromatic N) is 4. The topological polar surface area (TPSA) is 102 Å². The van der Waals surface area contributed by atoms with Crippen LogP contribution in [0.3, 0.4) is 0 Å². The van der Waals surface area contributed by atoms with Gasteiger partial charge in [0, 0.05) is 55.7 Å². The van der Waals surface area contributed by atoms with Gasteiger partial charge in [-0.25, -0.2) is 4.98 Å². The lowest BCUT2D eigenvalue weighted by Crippen LogP contribution is -2.48. The second-order valence-corrected chi connectivity index (χ2v) is 10.3. The van der Waals surface area contributed by atoms with Gasteiger partial charge in [0.15, 0.2) is 0 Å². The molecule has 2 fully saturated rings. The van der Waals surface area contributed by atoms with Crippen molar-refractivity contribution in [1.29, 1.82) is 0 Å². The number of hydrogen-bond acceptors (Lipinski definition) is 7. The first-order chi connectivity index (χ1) is 18.5. The number of aromatic nitrogens is 2. The largest absolute Gasteiger partial charge is 0.421 e. The first-order valence-electron chi connectivity index (χ1n) is 13.4. The van der Waals surface area contributed by atoms with Crippen molar-refractivity contribution in [1.82, 2.24) is 25.1 Å². The number of carbonyl (C=O) groups excluding carboxylic acids is 2. The highest BCUT2D eigenvalue weighted by Gasteiger charge is 2.39. The summed E-state index contributed by atoms with van der Waals surface area (Å²) in [7, 11) is 0. The molecule has 0 bridgehead atoms. The fourth-order valence-electron chi connectivity index (χ4n) is 5.05. The number of rotatable bonds is 8. The van der Waals surface area contributed by atoms with Crippen LogP contribution in [-0.4, -0.2) is 76.4 Å². The highest BCUT2D eigenvalue weighted by atomic mass is 19.4. The predicted octanol–water partition coefficient (Wildman–Crippen LogP) is 4.12. The van der Waals surface area contributed by atoms with Crippen molar-refractivity contribution in [2.24, 2.45) is 5.92 Å². The molecular weight excluding hydrogens is 511 g/mol. The molecule has 0 radical (unpaired) electrons. The summed E-state index contributed by atoms with van der Waals surface area (Å²) in [6, 6.07) is 6.16. The summed E-state index contributed by atoms with van der Waals surface area (Å²) < 4.78 is 41.3. The van der Waals surface area contributed by atoms with E-state index >= 15 is 0 Å². The number of amides is 2. The molecule has 2 heterocycles. The van der Waals surface area contributed by atoms with E-state index in [-0.39, 0.29) is 29.6 Å². The second kappa shape index (κ2) is 12.2. The molecule has 2 amide bonds. The Labute approximate surface area is 226 Å². The van der Waals surface area contributed by atoms with Crippen molar-refractivity contribution in [2.45, 2.75) is 58.3 Å². The number of hydrogen-bond donors (Lipinski definition) is 3. The molecule has 212 valence electrons. The first-order valence-corrected chi connectivity index (χ1v) is 13.4. The molecule has 2 aliphatic rings. The number of halogens is 3. The van der Waals surface area contributed by atoms with Gasteiger partial charge in [-0.05, 0) is 57.5 Å². The summed E-state index contributed by atoms with van der Waals surface area (Å²) in [6.45, 7) is 9.76. The molecule has 1 saturated carbocycles. The summed E-state index contributed by atoms with van der Waals surface area (Å²) in [4.78, 5) is 37.6. The molecule has 9 nitrogen and oxygen atoms in total. The number of alkyl halides is 3. The number of benzene rings is 1. The molecule has 1 aliphatic heterocycles. The molecule has 2 atom stereocenters. The van der Waals surface area contributed by atoms with Gasteiger partial charge < -0.3 is 25.8 Å². The Kier molecular flexibility index (Phi) is 8.94. The van der Waals surface area contributed by atoms with Gasteiger partial charge in [0.1, 0.15) is 11.4 Å². The lowest BCUT2D eigenvalue weighted by atomic mass is 10.0. The van der Waals surface area contributed by atoms with Crippen LogP contribution in [0.15, 0.2) is 30.5 Å². The zero-order valence-corrected chi connectivity index (χ0v) is 22.5. The van der Waals surface area contributed by atoms with Crippen LogP contribution in [-0.2, 0) is 11.0 Å². The van der Waals surface area contributed by atoms with Gasteiger partial charge in [-0.15, -0.1) is 0 Å². The van der Waals surface area contributed by atoms with Crippen molar-refractivity contribution < 1.29 is 22.8 Å². The van der Waals surface area contributed by atoms with Crippen LogP contribution in [0.4, 0.5) is 30.6 Å². The van der Waals surface area contributed by atoms with E-state index in [1.165, 1.54) is 0 Å². The third kappa shape index (κ3) is 7.17. The van der Waals surface area contributed by atoms with E-state index in [1.807, 2.05) is 18.7 Å². The van der Waals surface area contributed by atoms with E-state index in [2.05, 4.69) is 37.7 Å². The van der Waals surface area contributed by atoms with Crippen LogP contribution >= 0.6 is 0 Å². The van der Waals surface area contributed by atoms with E-state index in [9.17, 15) is 22.8 Å². The van der Waals surface area contributed by atoms with Gasteiger partial charge in [-0.1, -0.05) is 13.3 Å². The number of carbonyl (C=O) groups is 2. The fraction of sp³-hybridized carbons (Fsp3) is 0.556. The molecule has 12 heteroatoms. The average molecular weight is 548 g/mol. The molecule has 3 N–H and O–H groups in total. The van der Waals surface area contributed by atoms with Crippen molar-refractivity contribution in [3.05, 3.63) is 41.6 Å². The summed E-state index contributed by atoms with van der Waals surface area (Å²) in [5.41, 5.74) is 0.0725. The monoisotopic (exact) mass is 547 g/mol. The molecule has 1 aromatic heterocycles. The average Bonchev–Trinajstić information content (AvgIpc) is 3.36. The minimum Gasteiger partial charge on any atom is -0.366 e. The summed E-state index contributed by atoms with van der Waals surface area (Å²) >= 11 is 0. The maximum atomic E-state index is 13.8. The Bertz CT molecular complexity index is 1150. The minimum absolute atomic E-state index is 0.0264. The fourth-order valence-corrected chi connectivity index (χ4v) is 5.05. The van der Waals surface area contributed by atoms with E-state index in [0.29, 0.717) is 37.2 Å². The molecule has 1 aromatic carbocycles. The van der Waals surface area contributed by atoms with Gasteiger partial charge in [-0.3, -0.25) is 9.59 Å². The van der Waals surface area contributed by atoms with Gasteiger partial charge in [0.25, 0.3) is 5.91 Å². The van der Waals surface area contributed by atoms with Crippen molar-refractivity contribution in [3.63, 3.8) is 0 Å². The Morgan fingerprint density at radius 3 is 2.38 bits per heavy atom. The maximum Gasteiger partial charge on any atom is 0.421 e. The highest BCUT2D eigenvalue weighted by molar-refractivity contribution is 5.94. The minimum atomic E-state index is -4.67. The summed E-state index contributed by atoms with van der Waals surface area (Å²) in [6.07, 6.45) is -2.05. The van der Waals surface area contributed by atoms with Crippen LogP contribution in [0.1, 0.15) is 56.0 Å². The maximum absolute atomic E-state index is 13.8. The zero-order chi connectivity index (χ0) is 28.2. The Morgan fingerprint density at radius 2 is 1.77 bits per heavy atom. The normalized spacial score (nSPS) is 20.2. The van der Waals surface area contributed by atoms with E-state index in [1.54, 1.807) is 24.3 Å². The standard InChI is InChI=1S/C27H36F3N7O2/c1-4-36-12-14-37(15-13-36)25(39)18-8-10-19(11-9-18)33-26-31-16-21(27(28,29)30)23(35-26)34-22-7-5-6-20(22)24(38)32-17(2)3/h8-11,16-17,20,22H,4-7,12-15H2,1-3H3,(H,32,38)(H2,31,33,34,35)/t20-,22+/m0/s1. The quantitative estimate of drug-likeness (QED) is 0.457. The molecule has 1 saturated heterocycles. The second-order valence-electron chi connectivity index (χ2n) is 10.3. The Balaban J connectivity index is 1.47. The van der Waals surface area contributed by atoms with Crippen LogP contribution < -0.4 is 16.0 Å². The molecule has 4 rings (SSSR count). The van der Waals surface area contributed by atoms with Crippen molar-refractivity contribution in [3.8, 4) is 0 Å². The summed E-state index contributed by atoms with van der Waals surface area (Å²) in [5, 5.41) is 8.67. The number of anilines is 3. The number of likely N-dealkylation sites (N-methyl/N-ethyl adjacent to an activating group) is 1. The SMILES string of the molecule is CCN1CCN(C(=O)c2ccc(Nc3ncc(C(F)(F)F)c(N[C@@H]4CCC[C@@H]4C(=O)NC(C)C)n3)cc2)CC1. The lowest BCUT2D eigenvalue weighted by Gasteiger charge is -2.34. The molecular formula is C27H36F3N7O2. The van der Waals surface area contributed by atoms with Crippen molar-refractivity contribution in [2.75, 3.05) is 43.4 Å². The molecule has 0 spiro atoms. The van der Waals surface area contributed by atoms with Crippen LogP contribution in [0.5, 0.6) is 0 Å². The van der Waals surface area contributed by atoms with Gasteiger partial charge in [0.05, 0.1) is 5.92 Å². The zero-order valence-electron chi connectivity index (χ0n) is 22.5. The van der Waals surface area contributed by atoms with E-state index in [0.717, 1.165) is 32.3 Å². The highest BCUT2D eigenvalue weighted by Crippen LogP contribution is 2.36. The van der Waals surface area contributed by atoms with Crippen molar-refractivity contribution >= 4 is 29.3 Å². The van der Waals surface area contributed by atoms with Crippen LogP contribution in [0, 0.1) is 5.92 Å². The molecule has 2 aromatic rings. The third-order valence-electron chi connectivity index (χ3n) is 7.19. The predicted molar refractivity (Wildman–Crippen MR) is 143 cm³/mol. The molecule has 1 aliphatic carbocycles.